The Bertz CT molecular complexity index is 486. The average molecular weight is 318 g/mol. The van der Waals surface area contributed by atoms with Crippen LogP contribution in [-0.2, 0) is 0 Å². The normalized spacial score (nSPS) is 16.6. The third-order valence-corrected chi connectivity index (χ3v) is 4.01. The zero-order valence-corrected chi connectivity index (χ0v) is 14.9. The molecule has 1 fully saturated rings. The Hall–Kier alpha value is -1.85. The van der Waals surface area contributed by atoms with E-state index in [-0.39, 0.29) is 0 Å². The number of hydrogen-bond acceptors (Lipinski definition) is 4. The second-order valence-corrected chi connectivity index (χ2v) is 7.16. The van der Waals surface area contributed by atoms with Crippen molar-refractivity contribution in [1.29, 1.82) is 0 Å². The Morgan fingerprint density at radius 3 is 2.39 bits per heavy atom. The molecule has 1 N–H and O–H groups in total. The standard InChI is InChI=1S/C17H30N6/c1-17(2,3)7-5-8-19-15(18-4)22-11-13-23(14-12-22)16-20-9-6-10-21-16/h6,9-10H,5,7-8,11-14H2,1-4H3,(H,18,19). The van der Waals surface area contributed by atoms with Gasteiger partial charge in [-0.3, -0.25) is 4.99 Å². The number of nitrogens with zero attached hydrogens (tertiary/aromatic N) is 5. The number of aliphatic imine (C=N–C) groups is 1. The lowest BCUT2D eigenvalue weighted by atomic mass is 9.91. The molecule has 0 amide bonds. The van der Waals surface area contributed by atoms with Gasteiger partial charge in [-0.05, 0) is 24.3 Å². The lowest BCUT2D eigenvalue weighted by Crippen LogP contribution is -2.53. The van der Waals surface area contributed by atoms with Crippen molar-refractivity contribution in [1.82, 2.24) is 20.2 Å². The summed E-state index contributed by atoms with van der Waals surface area (Å²) >= 11 is 0. The molecule has 1 aromatic heterocycles. The number of anilines is 1. The second-order valence-electron chi connectivity index (χ2n) is 7.16. The first-order valence-corrected chi connectivity index (χ1v) is 8.47. The van der Waals surface area contributed by atoms with Gasteiger partial charge in [0.05, 0.1) is 0 Å². The first-order valence-electron chi connectivity index (χ1n) is 8.47. The fourth-order valence-corrected chi connectivity index (χ4v) is 2.72. The minimum atomic E-state index is 0.395. The van der Waals surface area contributed by atoms with Gasteiger partial charge >= 0.3 is 0 Å². The van der Waals surface area contributed by atoms with Crippen molar-refractivity contribution in [2.24, 2.45) is 10.4 Å². The third-order valence-electron chi connectivity index (χ3n) is 4.01. The Morgan fingerprint density at radius 1 is 1.17 bits per heavy atom. The van der Waals surface area contributed by atoms with E-state index in [1.807, 2.05) is 13.1 Å². The van der Waals surface area contributed by atoms with Crippen molar-refractivity contribution in [2.75, 3.05) is 44.7 Å². The van der Waals surface area contributed by atoms with Crippen LogP contribution in [0.25, 0.3) is 0 Å². The van der Waals surface area contributed by atoms with Crippen LogP contribution in [0.2, 0.25) is 0 Å². The predicted octanol–water partition coefficient (Wildman–Crippen LogP) is 2.00. The van der Waals surface area contributed by atoms with Crippen LogP contribution in [0.4, 0.5) is 5.95 Å². The molecule has 2 rings (SSSR count). The van der Waals surface area contributed by atoms with Crippen LogP contribution in [0.5, 0.6) is 0 Å². The van der Waals surface area contributed by atoms with E-state index in [9.17, 15) is 0 Å². The van der Waals surface area contributed by atoms with Crippen LogP contribution < -0.4 is 10.2 Å². The van der Waals surface area contributed by atoms with E-state index in [1.54, 1.807) is 12.4 Å². The van der Waals surface area contributed by atoms with Gasteiger partial charge < -0.3 is 15.1 Å². The van der Waals surface area contributed by atoms with Crippen LogP contribution in [0.1, 0.15) is 33.6 Å². The van der Waals surface area contributed by atoms with Crippen LogP contribution in [0.15, 0.2) is 23.5 Å². The largest absolute Gasteiger partial charge is 0.356 e. The Balaban J connectivity index is 1.76. The first-order chi connectivity index (χ1) is 11.0. The molecule has 6 nitrogen and oxygen atoms in total. The summed E-state index contributed by atoms with van der Waals surface area (Å²) < 4.78 is 0. The highest BCUT2D eigenvalue weighted by molar-refractivity contribution is 5.80. The van der Waals surface area contributed by atoms with Gasteiger partial charge in [0.15, 0.2) is 5.96 Å². The molecular weight excluding hydrogens is 288 g/mol. The summed E-state index contributed by atoms with van der Waals surface area (Å²) in [6, 6.07) is 1.85. The van der Waals surface area contributed by atoms with Gasteiger partial charge in [0, 0.05) is 52.2 Å². The van der Waals surface area contributed by atoms with Crippen molar-refractivity contribution in [3.63, 3.8) is 0 Å². The number of aromatic nitrogens is 2. The van der Waals surface area contributed by atoms with Gasteiger partial charge in [-0.2, -0.15) is 0 Å². The lowest BCUT2D eigenvalue weighted by molar-refractivity contribution is 0.353. The molecule has 23 heavy (non-hydrogen) atoms. The molecule has 1 aliphatic rings. The van der Waals surface area contributed by atoms with Crippen LogP contribution in [0.3, 0.4) is 0 Å². The average Bonchev–Trinajstić information content (AvgIpc) is 2.55. The van der Waals surface area contributed by atoms with Crippen molar-refractivity contribution in [3.8, 4) is 0 Å². The van der Waals surface area contributed by atoms with E-state index in [0.29, 0.717) is 5.41 Å². The van der Waals surface area contributed by atoms with Gasteiger partial charge in [-0.1, -0.05) is 20.8 Å². The van der Waals surface area contributed by atoms with Gasteiger partial charge in [0.2, 0.25) is 5.95 Å². The van der Waals surface area contributed by atoms with Crippen molar-refractivity contribution in [3.05, 3.63) is 18.5 Å². The maximum atomic E-state index is 4.43. The topological polar surface area (TPSA) is 56.7 Å². The number of guanidine groups is 1. The summed E-state index contributed by atoms with van der Waals surface area (Å²) in [5.41, 5.74) is 0.395. The molecular formula is C17H30N6. The summed E-state index contributed by atoms with van der Waals surface area (Å²) in [4.78, 5) is 17.6. The van der Waals surface area contributed by atoms with E-state index in [1.165, 1.54) is 12.8 Å². The zero-order chi connectivity index (χ0) is 16.7. The highest BCUT2D eigenvalue weighted by Crippen LogP contribution is 2.19. The minimum absolute atomic E-state index is 0.395. The van der Waals surface area contributed by atoms with Gasteiger partial charge in [0.1, 0.15) is 0 Å². The highest BCUT2D eigenvalue weighted by atomic mass is 15.4. The molecule has 1 saturated heterocycles. The first kappa shape index (κ1) is 17.5. The molecule has 0 radical (unpaired) electrons. The van der Waals surface area contributed by atoms with Crippen molar-refractivity contribution < 1.29 is 0 Å². The van der Waals surface area contributed by atoms with Gasteiger partial charge in [0.25, 0.3) is 0 Å². The molecule has 0 bridgehead atoms. The molecule has 6 heteroatoms. The van der Waals surface area contributed by atoms with Gasteiger partial charge in [-0.15, -0.1) is 0 Å². The quantitative estimate of drug-likeness (QED) is 0.523. The Morgan fingerprint density at radius 2 is 1.83 bits per heavy atom. The fraction of sp³-hybridized carbons (Fsp3) is 0.706. The van der Waals surface area contributed by atoms with Crippen molar-refractivity contribution in [2.45, 2.75) is 33.6 Å². The molecule has 0 unspecified atom stereocenters. The monoisotopic (exact) mass is 318 g/mol. The number of piperazine rings is 1. The summed E-state index contributed by atoms with van der Waals surface area (Å²) in [6.45, 7) is 11.6. The molecule has 0 saturated carbocycles. The number of hydrogen-bond donors (Lipinski definition) is 1. The van der Waals surface area contributed by atoms with E-state index < -0.39 is 0 Å². The maximum Gasteiger partial charge on any atom is 0.225 e. The third kappa shape index (κ3) is 5.69. The smallest absolute Gasteiger partial charge is 0.225 e. The molecule has 2 heterocycles. The number of rotatable bonds is 4. The Labute approximate surface area is 140 Å². The number of nitrogens with one attached hydrogen (secondary N) is 1. The second kappa shape index (κ2) is 8.13. The Kier molecular flexibility index (Phi) is 6.19. The summed E-state index contributed by atoms with van der Waals surface area (Å²) in [7, 11) is 1.86. The van der Waals surface area contributed by atoms with Crippen LogP contribution >= 0.6 is 0 Å². The minimum Gasteiger partial charge on any atom is -0.356 e. The summed E-state index contributed by atoms with van der Waals surface area (Å²) in [5.74, 6) is 1.83. The highest BCUT2D eigenvalue weighted by Gasteiger charge is 2.21. The maximum absolute atomic E-state index is 4.43. The SMILES string of the molecule is CN=C(NCCCC(C)(C)C)N1CCN(c2ncccn2)CC1. The molecule has 1 aliphatic heterocycles. The van der Waals surface area contributed by atoms with E-state index in [0.717, 1.165) is 44.6 Å². The summed E-state index contributed by atoms with van der Waals surface area (Å²) in [6.07, 6.45) is 5.98. The summed E-state index contributed by atoms with van der Waals surface area (Å²) in [5, 5.41) is 3.49. The van der Waals surface area contributed by atoms with E-state index in [2.05, 4.69) is 50.8 Å². The molecule has 0 aromatic carbocycles. The van der Waals surface area contributed by atoms with E-state index in [4.69, 9.17) is 0 Å². The van der Waals surface area contributed by atoms with Crippen LogP contribution in [-0.4, -0.2) is 60.6 Å². The lowest BCUT2D eigenvalue weighted by Gasteiger charge is -2.36. The molecule has 0 spiro atoms. The van der Waals surface area contributed by atoms with E-state index >= 15 is 0 Å². The molecule has 0 aliphatic carbocycles. The van der Waals surface area contributed by atoms with Crippen molar-refractivity contribution >= 4 is 11.9 Å². The zero-order valence-electron chi connectivity index (χ0n) is 14.9. The predicted molar refractivity (Wildman–Crippen MR) is 95.9 cm³/mol. The molecule has 0 atom stereocenters. The molecule has 1 aromatic rings. The molecule has 128 valence electrons. The fourth-order valence-electron chi connectivity index (χ4n) is 2.72. The van der Waals surface area contributed by atoms with Crippen LogP contribution in [0, 0.1) is 5.41 Å². The van der Waals surface area contributed by atoms with Gasteiger partial charge in [-0.25, -0.2) is 9.97 Å².